The molecule has 7 N–H and O–H groups in total. The predicted octanol–water partition coefficient (Wildman–Crippen LogP) is 3.84. The highest BCUT2D eigenvalue weighted by atomic mass is 35.5. The van der Waals surface area contributed by atoms with Gasteiger partial charge in [0.05, 0.1) is 30.5 Å². The number of fused-ring (bicyclic) bond motifs is 1. The molecule has 0 aliphatic carbocycles. The molecule has 0 fully saturated rings. The molecule has 270 valence electrons. The zero-order chi connectivity index (χ0) is 37.1. The number of amides is 1. The average Bonchev–Trinajstić information content (AvgIpc) is 3.24. The minimum Gasteiger partial charge on any atom is -0.481 e. The number of pyridine rings is 1. The summed E-state index contributed by atoms with van der Waals surface area (Å²) in [4.78, 5) is 49.5. The van der Waals surface area contributed by atoms with Crippen LogP contribution in [0.15, 0.2) is 77.3 Å². The number of nitrogens with zero attached hydrogens (tertiary/aromatic N) is 2. The predicted molar refractivity (Wildman–Crippen MR) is 178 cm³/mol. The van der Waals surface area contributed by atoms with E-state index >= 15 is 0 Å². The fourth-order valence-corrected chi connectivity index (χ4v) is 5.96. The number of aromatic nitrogens is 1. The van der Waals surface area contributed by atoms with Crippen molar-refractivity contribution >= 4 is 63.8 Å². The summed E-state index contributed by atoms with van der Waals surface area (Å²) in [5, 5.41) is 53.0. The maximum absolute atomic E-state index is 13.0. The molecule has 1 atom stereocenters. The van der Waals surface area contributed by atoms with Crippen LogP contribution in [-0.4, -0.2) is 109 Å². The average molecular weight is 743 g/mol. The number of hydrogen-bond donors (Lipinski definition) is 7. The standard InChI is InChI=1S/C26H26ClF3N4O2S.C6H8O7/c27-19-6-7-21-22(8-9-32-23(21)14-19)33-11-10-31-12-13-34-24(35)18(16-26(28,29)30)15-25(34,36)17-37-20-4-2-1-3-5-20;7-3(8)1-6(13,5(11)12)2-4(9)10/h1-9,14-15,31,36H,10-13,16-17H2,(H,32,33);13H,1-2H2,(H,7,8)(H,9,10)(H,11,12). The van der Waals surface area contributed by atoms with Crippen molar-refractivity contribution in [3.63, 3.8) is 0 Å². The van der Waals surface area contributed by atoms with E-state index in [1.54, 1.807) is 18.3 Å². The zero-order valence-corrected chi connectivity index (χ0v) is 27.8. The van der Waals surface area contributed by atoms with E-state index < -0.39 is 66.2 Å². The summed E-state index contributed by atoms with van der Waals surface area (Å²) in [7, 11) is 0. The molecule has 2 heterocycles. The van der Waals surface area contributed by atoms with Crippen molar-refractivity contribution in [1.82, 2.24) is 15.2 Å². The number of aliphatic hydroxyl groups is 2. The monoisotopic (exact) mass is 742 g/mol. The van der Waals surface area contributed by atoms with Crippen LogP contribution >= 0.6 is 23.4 Å². The summed E-state index contributed by atoms with van der Waals surface area (Å²) in [6.07, 6.45) is -5.46. The topological polar surface area (TPSA) is 210 Å². The van der Waals surface area contributed by atoms with Crippen LogP contribution in [0.5, 0.6) is 0 Å². The minimum absolute atomic E-state index is 0.0187. The molecule has 1 unspecified atom stereocenters. The van der Waals surface area contributed by atoms with Crippen LogP contribution in [0.1, 0.15) is 19.3 Å². The van der Waals surface area contributed by atoms with Crippen molar-refractivity contribution in [3.05, 3.63) is 77.5 Å². The number of halogens is 4. The van der Waals surface area contributed by atoms with Gasteiger partial charge in [-0.05, 0) is 42.5 Å². The third kappa shape index (κ3) is 11.9. The Bertz CT molecular complexity index is 1700. The summed E-state index contributed by atoms with van der Waals surface area (Å²) in [5.41, 5.74) is -3.32. The molecule has 4 rings (SSSR count). The zero-order valence-electron chi connectivity index (χ0n) is 26.2. The van der Waals surface area contributed by atoms with Gasteiger partial charge in [-0.2, -0.15) is 13.2 Å². The minimum atomic E-state index is -4.54. The Morgan fingerprint density at radius 1 is 0.960 bits per heavy atom. The number of thioether (sulfide) groups is 1. The van der Waals surface area contributed by atoms with E-state index in [1.165, 1.54) is 11.8 Å². The second-order valence-corrected chi connectivity index (χ2v) is 12.6. The fourth-order valence-electron chi connectivity index (χ4n) is 4.82. The first-order valence-electron chi connectivity index (χ1n) is 14.8. The van der Waals surface area contributed by atoms with E-state index in [4.69, 9.17) is 32.0 Å². The van der Waals surface area contributed by atoms with Gasteiger partial charge in [-0.25, -0.2) is 4.79 Å². The maximum atomic E-state index is 13.0. The molecule has 0 spiro atoms. The Balaban J connectivity index is 0.000000442. The maximum Gasteiger partial charge on any atom is 0.393 e. The van der Waals surface area contributed by atoms with E-state index in [2.05, 4.69) is 15.6 Å². The molecule has 13 nitrogen and oxygen atoms in total. The number of benzene rings is 2. The summed E-state index contributed by atoms with van der Waals surface area (Å²) in [6, 6.07) is 16.5. The van der Waals surface area contributed by atoms with Crippen LogP contribution in [0.2, 0.25) is 5.02 Å². The van der Waals surface area contributed by atoms with Gasteiger partial charge in [0.15, 0.2) is 11.3 Å². The lowest BCUT2D eigenvalue weighted by Crippen LogP contribution is -2.51. The number of aliphatic carboxylic acids is 3. The van der Waals surface area contributed by atoms with Crippen molar-refractivity contribution in [3.8, 4) is 0 Å². The number of carbonyl (C=O) groups is 4. The van der Waals surface area contributed by atoms with E-state index in [9.17, 15) is 37.5 Å². The molecule has 1 aliphatic rings. The summed E-state index contributed by atoms with van der Waals surface area (Å²) in [6.45, 7) is 1.44. The molecule has 3 aromatic rings. The van der Waals surface area contributed by atoms with Crippen molar-refractivity contribution in [2.45, 2.75) is 41.7 Å². The number of anilines is 1. The van der Waals surface area contributed by atoms with E-state index in [1.807, 2.05) is 42.5 Å². The number of carbonyl (C=O) groups excluding carboxylic acids is 1. The molecular weight excluding hydrogens is 709 g/mol. The van der Waals surface area contributed by atoms with E-state index in [0.717, 1.165) is 32.5 Å². The first-order valence-corrected chi connectivity index (χ1v) is 16.2. The van der Waals surface area contributed by atoms with Crippen molar-refractivity contribution in [1.29, 1.82) is 0 Å². The highest BCUT2D eigenvalue weighted by Crippen LogP contribution is 2.36. The molecular formula is C32H34ClF3N4O9S. The van der Waals surface area contributed by atoms with Gasteiger partial charge in [0, 0.05) is 58.9 Å². The summed E-state index contributed by atoms with van der Waals surface area (Å²) < 4.78 is 39.1. The Morgan fingerprint density at radius 2 is 1.62 bits per heavy atom. The lowest BCUT2D eigenvalue weighted by molar-refractivity contribution is -0.170. The number of rotatable bonds is 16. The SMILES string of the molecule is O=C(O)CC(O)(CC(=O)O)C(=O)O.O=C1C(CC(F)(F)F)=CC(O)(CSc2ccccc2)N1CCNCCNc1ccnc2cc(Cl)ccc12. The lowest BCUT2D eigenvalue weighted by Gasteiger charge is -2.33. The van der Waals surface area contributed by atoms with Gasteiger partial charge >= 0.3 is 24.1 Å². The largest absolute Gasteiger partial charge is 0.481 e. The van der Waals surface area contributed by atoms with Crippen molar-refractivity contribution in [2.24, 2.45) is 0 Å². The number of nitrogens with one attached hydrogen (secondary N) is 2. The third-order valence-electron chi connectivity index (χ3n) is 7.10. The first-order chi connectivity index (χ1) is 23.4. The molecule has 50 heavy (non-hydrogen) atoms. The Kier molecular flexibility index (Phi) is 14.0. The molecule has 0 saturated carbocycles. The molecule has 2 aromatic carbocycles. The highest BCUT2D eigenvalue weighted by Gasteiger charge is 2.46. The molecule has 1 aliphatic heterocycles. The van der Waals surface area contributed by atoms with Crippen LogP contribution in [0, 0.1) is 0 Å². The van der Waals surface area contributed by atoms with Gasteiger partial charge in [-0.3, -0.25) is 19.4 Å². The summed E-state index contributed by atoms with van der Waals surface area (Å²) in [5.74, 6) is -5.80. The summed E-state index contributed by atoms with van der Waals surface area (Å²) >= 11 is 7.31. The molecule has 1 aromatic heterocycles. The van der Waals surface area contributed by atoms with Gasteiger partial charge in [0.2, 0.25) is 0 Å². The molecule has 0 bridgehead atoms. The van der Waals surface area contributed by atoms with Crippen LogP contribution in [-0.2, 0) is 19.2 Å². The Morgan fingerprint density at radius 3 is 2.22 bits per heavy atom. The Labute approximate surface area is 292 Å². The van der Waals surface area contributed by atoms with E-state index in [-0.39, 0.29) is 12.3 Å². The third-order valence-corrected chi connectivity index (χ3v) is 8.51. The normalized spacial score (nSPS) is 16.1. The van der Waals surface area contributed by atoms with Crippen molar-refractivity contribution in [2.75, 3.05) is 37.2 Å². The van der Waals surface area contributed by atoms with Gasteiger partial charge in [0.1, 0.15) is 0 Å². The van der Waals surface area contributed by atoms with Crippen LogP contribution in [0.4, 0.5) is 18.9 Å². The van der Waals surface area contributed by atoms with Gasteiger partial charge < -0.3 is 41.1 Å². The molecule has 0 saturated heterocycles. The highest BCUT2D eigenvalue weighted by molar-refractivity contribution is 7.99. The van der Waals surface area contributed by atoms with Gasteiger partial charge in [-0.15, -0.1) is 11.8 Å². The number of hydrogen-bond acceptors (Lipinski definition) is 10. The quantitative estimate of drug-likeness (QED) is 0.0823. The number of carboxylic acids is 3. The molecule has 18 heteroatoms. The smallest absolute Gasteiger partial charge is 0.393 e. The number of alkyl halides is 3. The van der Waals surface area contributed by atoms with E-state index in [0.29, 0.717) is 24.7 Å². The van der Waals surface area contributed by atoms with Crippen LogP contribution in [0.3, 0.4) is 0 Å². The second kappa shape index (κ2) is 17.5. The van der Waals surface area contributed by atoms with Gasteiger partial charge in [0.25, 0.3) is 5.91 Å². The Hall–Kier alpha value is -4.42. The second-order valence-electron chi connectivity index (χ2n) is 11.1. The molecule has 1 amide bonds. The van der Waals surface area contributed by atoms with Crippen LogP contribution in [0.25, 0.3) is 10.9 Å². The van der Waals surface area contributed by atoms with Crippen LogP contribution < -0.4 is 10.6 Å². The first kappa shape index (κ1) is 40.0. The number of carboxylic acid groups (broad SMARTS) is 3. The van der Waals surface area contributed by atoms with Gasteiger partial charge in [-0.1, -0.05) is 29.8 Å². The fraction of sp³-hybridized carbons (Fsp3) is 0.344. The van der Waals surface area contributed by atoms with Crippen molar-refractivity contribution < 1.29 is 57.9 Å². The molecule has 0 radical (unpaired) electrons. The lowest BCUT2D eigenvalue weighted by atomic mass is 9.96.